The Kier molecular flexibility index (Phi) is 4.52. The molecule has 2 heterocycles. The summed E-state index contributed by atoms with van der Waals surface area (Å²) in [5, 5.41) is -0.0138. The molecule has 0 bridgehead atoms. The molecule has 0 N–H and O–H groups in total. The molecule has 0 saturated heterocycles. The third-order valence-electron chi connectivity index (χ3n) is 2.90. The number of rotatable bonds is 4. The van der Waals surface area contributed by atoms with Gasteiger partial charge in [0, 0.05) is 17.5 Å². The number of thioether (sulfide) groups is 1. The van der Waals surface area contributed by atoms with Crippen LogP contribution in [0, 0.1) is 5.82 Å². The van der Waals surface area contributed by atoms with E-state index in [1.165, 1.54) is 24.5 Å². The van der Waals surface area contributed by atoms with Crippen molar-refractivity contribution in [3.8, 4) is 11.5 Å². The second kappa shape index (κ2) is 6.60. The van der Waals surface area contributed by atoms with Gasteiger partial charge < -0.3 is 4.42 Å². The minimum absolute atomic E-state index is 0.0138. The fourth-order valence-electron chi connectivity index (χ4n) is 1.83. The highest BCUT2D eigenvalue weighted by atomic mass is 32.2. The number of aromatic nitrogens is 3. The Morgan fingerprint density at radius 2 is 1.96 bits per heavy atom. The van der Waals surface area contributed by atoms with Gasteiger partial charge in [-0.15, -0.1) is 0 Å². The third kappa shape index (κ3) is 3.91. The zero-order chi connectivity index (χ0) is 17.2. The van der Waals surface area contributed by atoms with Gasteiger partial charge in [-0.2, -0.15) is 13.2 Å². The average molecular weight is 355 g/mol. The van der Waals surface area contributed by atoms with Gasteiger partial charge >= 0.3 is 6.18 Å². The minimum atomic E-state index is -4.52. The summed E-state index contributed by atoms with van der Waals surface area (Å²) in [4.78, 5) is 11.4. The van der Waals surface area contributed by atoms with Crippen LogP contribution < -0.4 is 0 Å². The largest absolute Gasteiger partial charge is 0.444 e. The summed E-state index contributed by atoms with van der Waals surface area (Å²) in [6.45, 7) is 0. The molecular formula is C15H9F4N3OS. The smallest absolute Gasteiger partial charge is 0.433 e. The van der Waals surface area contributed by atoms with Crippen LogP contribution >= 0.6 is 11.8 Å². The van der Waals surface area contributed by atoms with Crippen molar-refractivity contribution in [2.45, 2.75) is 17.1 Å². The van der Waals surface area contributed by atoms with Gasteiger partial charge in [0.05, 0.1) is 5.69 Å². The number of benzene rings is 1. The van der Waals surface area contributed by atoms with Crippen molar-refractivity contribution in [2.75, 3.05) is 0 Å². The van der Waals surface area contributed by atoms with Crippen LogP contribution in [0.15, 0.2) is 52.4 Å². The van der Waals surface area contributed by atoms with E-state index in [0.29, 0.717) is 11.3 Å². The fraction of sp³-hybridized carbons (Fsp3) is 0.133. The van der Waals surface area contributed by atoms with Crippen LogP contribution in [0.3, 0.4) is 0 Å². The van der Waals surface area contributed by atoms with Crippen LogP contribution in [0.25, 0.3) is 11.5 Å². The predicted molar refractivity (Wildman–Crippen MR) is 78.5 cm³/mol. The number of hydrogen-bond acceptors (Lipinski definition) is 5. The van der Waals surface area contributed by atoms with Crippen LogP contribution in [0.2, 0.25) is 0 Å². The Hall–Kier alpha value is -2.42. The normalized spacial score (nSPS) is 11.7. The molecule has 1 aromatic carbocycles. The van der Waals surface area contributed by atoms with E-state index >= 15 is 0 Å². The van der Waals surface area contributed by atoms with Crippen LogP contribution in [-0.4, -0.2) is 15.0 Å². The molecule has 9 heteroatoms. The molecule has 3 rings (SSSR count). The Balaban J connectivity index is 1.70. The molecule has 0 atom stereocenters. The van der Waals surface area contributed by atoms with Gasteiger partial charge in [-0.3, -0.25) is 0 Å². The van der Waals surface area contributed by atoms with Crippen molar-refractivity contribution in [1.82, 2.24) is 15.0 Å². The number of hydrogen-bond donors (Lipinski definition) is 0. The molecule has 0 amide bonds. The zero-order valence-electron chi connectivity index (χ0n) is 11.9. The van der Waals surface area contributed by atoms with Crippen molar-refractivity contribution >= 4 is 11.8 Å². The van der Waals surface area contributed by atoms with Gasteiger partial charge in [0.15, 0.2) is 5.16 Å². The van der Waals surface area contributed by atoms with E-state index in [-0.39, 0.29) is 16.8 Å². The monoisotopic (exact) mass is 355 g/mol. The van der Waals surface area contributed by atoms with Gasteiger partial charge in [0.25, 0.3) is 0 Å². The van der Waals surface area contributed by atoms with Crippen LogP contribution in [0.1, 0.15) is 11.4 Å². The summed E-state index contributed by atoms with van der Waals surface area (Å²) < 4.78 is 56.2. The molecule has 2 aromatic heterocycles. The molecule has 0 fully saturated rings. The Morgan fingerprint density at radius 3 is 2.71 bits per heavy atom. The lowest BCUT2D eigenvalue weighted by molar-refractivity contribution is -0.141. The van der Waals surface area contributed by atoms with E-state index < -0.39 is 17.7 Å². The maximum Gasteiger partial charge on any atom is 0.433 e. The van der Waals surface area contributed by atoms with E-state index in [1.807, 2.05) is 0 Å². The first-order valence-electron chi connectivity index (χ1n) is 6.65. The summed E-state index contributed by atoms with van der Waals surface area (Å²) in [6, 6.07) is 6.55. The van der Waals surface area contributed by atoms with E-state index in [9.17, 15) is 17.6 Å². The highest BCUT2D eigenvalue weighted by molar-refractivity contribution is 7.98. The summed E-state index contributed by atoms with van der Waals surface area (Å²) in [5.41, 5.74) is -0.0394. The molecule has 3 aromatic rings. The Labute approximate surface area is 138 Å². The fourth-order valence-corrected chi connectivity index (χ4v) is 2.54. The molecule has 0 radical (unpaired) electrons. The second-order valence-electron chi connectivity index (χ2n) is 4.67. The number of oxazole rings is 1. The lowest BCUT2D eigenvalue weighted by Gasteiger charge is -2.05. The van der Waals surface area contributed by atoms with Crippen molar-refractivity contribution in [1.29, 1.82) is 0 Å². The first-order valence-corrected chi connectivity index (χ1v) is 7.64. The Morgan fingerprint density at radius 1 is 1.12 bits per heavy atom. The standard InChI is InChI=1S/C15H9F4N3OS/c16-10-3-1-2-9(6-10)13-21-11(7-23-13)8-24-14-20-5-4-12(22-14)15(17,18)19/h1-7H,8H2. The van der Waals surface area contributed by atoms with Gasteiger partial charge in [0.2, 0.25) is 5.89 Å². The summed E-state index contributed by atoms with van der Waals surface area (Å²) >= 11 is 0.997. The molecule has 24 heavy (non-hydrogen) atoms. The van der Waals surface area contributed by atoms with E-state index in [0.717, 1.165) is 24.0 Å². The van der Waals surface area contributed by atoms with Gasteiger partial charge in [-0.25, -0.2) is 19.3 Å². The summed E-state index contributed by atoms with van der Waals surface area (Å²) in [6.07, 6.45) is -2.10. The maximum atomic E-state index is 13.2. The molecule has 124 valence electrons. The molecule has 0 aliphatic carbocycles. The quantitative estimate of drug-likeness (QED) is 0.389. The molecule has 0 aliphatic heterocycles. The van der Waals surface area contributed by atoms with Crippen molar-refractivity contribution in [3.05, 3.63) is 60.0 Å². The summed E-state index contributed by atoms with van der Waals surface area (Å²) in [5.74, 6) is 0.0363. The summed E-state index contributed by atoms with van der Waals surface area (Å²) in [7, 11) is 0. The van der Waals surface area contributed by atoms with Crippen LogP contribution in [0.4, 0.5) is 17.6 Å². The zero-order valence-corrected chi connectivity index (χ0v) is 12.7. The van der Waals surface area contributed by atoms with Gasteiger partial charge in [-0.05, 0) is 24.3 Å². The number of nitrogens with zero attached hydrogens (tertiary/aromatic N) is 3. The SMILES string of the molecule is Fc1cccc(-c2nc(CSc3nccc(C(F)(F)F)n3)co2)c1. The van der Waals surface area contributed by atoms with E-state index in [4.69, 9.17) is 4.42 Å². The molecule has 0 saturated carbocycles. The Bertz CT molecular complexity index is 850. The number of alkyl halides is 3. The lowest BCUT2D eigenvalue weighted by Crippen LogP contribution is -2.08. The number of halogens is 4. The first kappa shape index (κ1) is 16.4. The molecule has 0 unspecified atom stereocenters. The second-order valence-corrected chi connectivity index (χ2v) is 5.61. The highest BCUT2D eigenvalue weighted by Gasteiger charge is 2.32. The van der Waals surface area contributed by atoms with Crippen molar-refractivity contribution in [3.63, 3.8) is 0 Å². The van der Waals surface area contributed by atoms with Crippen molar-refractivity contribution in [2.24, 2.45) is 0 Å². The molecule has 0 spiro atoms. The van der Waals surface area contributed by atoms with E-state index in [2.05, 4.69) is 15.0 Å². The minimum Gasteiger partial charge on any atom is -0.444 e. The van der Waals surface area contributed by atoms with Crippen LogP contribution in [-0.2, 0) is 11.9 Å². The molecule has 4 nitrogen and oxygen atoms in total. The maximum absolute atomic E-state index is 13.2. The van der Waals surface area contributed by atoms with Gasteiger partial charge in [-0.1, -0.05) is 17.8 Å². The van der Waals surface area contributed by atoms with Crippen molar-refractivity contribution < 1.29 is 22.0 Å². The highest BCUT2D eigenvalue weighted by Crippen LogP contribution is 2.29. The predicted octanol–water partition coefficient (Wildman–Crippen LogP) is 4.58. The average Bonchev–Trinajstić information content (AvgIpc) is 3.01. The molecule has 0 aliphatic rings. The molecular weight excluding hydrogens is 346 g/mol. The van der Waals surface area contributed by atoms with Crippen LogP contribution in [0.5, 0.6) is 0 Å². The van der Waals surface area contributed by atoms with E-state index in [1.54, 1.807) is 6.07 Å². The first-order chi connectivity index (χ1) is 11.4. The third-order valence-corrected chi connectivity index (χ3v) is 3.79. The topological polar surface area (TPSA) is 51.8 Å². The lowest BCUT2D eigenvalue weighted by atomic mass is 10.2. The van der Waals surface area contributed by atoms with Gasteiger partial charge in [0.1, 0.15) is 17.8 Å².